The second-order valence-electron chi connectivity index (χ2n) is 4.46. The maximum absolute atomic E-state index is 12.8. The fourth-order valence-electron chi connectivity index (χ4n) is 2.11. The number of carbonyl (C=O) groups excluding carboxylic acids is 1. The Hall–Kier alpha value is -1.65. The molecule has 0 spiro atoms. The van der Waals surface area contributed by atoms with Crippen LogP contribution in [0.15, 0.2) is 18.2 Å². The van der Waals surface area contributed by atoms with Crippen LogP contribution in [0.3, 0.4) is 0 Å². The Bertz CT molecular complexity index is 405. The van der Waals surface area contributed by atoms with Crippen molar-refractivity contribution in [2.75, 3.05) is 25.0 Å². The number of halogens is 1. The van der Waals surface area contributed by atoms with E-state index in [9.17, 15) is 9.18 Å². The lowest BCUT2D eigenvalue weighted by Crippen LogP contribution is -2.36. The molecule has 1 fully saturated rings. The molecule has 1 aliphatic heterocycles. The van der Waals surface area contributed by atoms with Crippen LogP contribution in [0, 0.1) is 5.95 Å². The molecule has 1 aliphatic rings. The van der Waals surface area contributed by atoms with E-state index in [2.05, 4.69) is 10.3 Å². The van der Waals surface area contributed by atoms with E-state index in [1.807, 2.05) is 4.90 Å². The molecule has 0 aromatic carbocycles. The molecule has 0 aliphatic carbocycles. The third kappa shape index (κ3) is 3.68. The van der Waals surface area contributed by atoms with E-state index in [4.69, 9.17) is 0 Å². The summed E-state index contributed by atoms with van der Waals surface area (Å²) in [7, 11) is 0. The number of nitrogens with zero attached hydrogens (tertiary/aromatic N) is 2. The number of hydrogen-bond donors (Lipinski definition) is 1. The van der Waals surface area contributed by atoms with E-state index >= 15 is 0 Å². The summed E-state index contributed by atoms with van der Waals surface area (Å²) in [5, 5.41) is 2.96. The van der Waals surface area contributed by atoms with E-state index in [1.165, 1.54) is 12.5 Å². The van der Waals surface area contributed by atoms with Gasteiger partial charge >= 0.3 is 0 Å². The molecule has 0 atom stereocenters. The topological polar surface area (TPSA) is 45.2 Å². The second-order valence-corrected chi connectivity index (χ2v) is 4.46. The second kappa shape index (κ2) is 6.33. The molecular formula is C13H18FN3O. The number of aromatic nitrogens is 1. The maximum atomic E-state index is 12.8. The molecule has 4 nitrogen and oxygen atoms in total. The quantitative estimate of drug-likeness (QED) is 0.833. The number of rotatable bonds is 4. The summed E-state index contributed by atoms with van der Waals surface area (Å²) < 4.78 is 12.8. The van der Waals surface area contributed by atoms with Crippen LogP contribution >= 0.6 is 0 Å². The molecule has 1 aromatic rings. The summed E-state index contributed by atoms with van der Waals surface area (Å²) in [4.78, 5) is 17.4. The smallest absolute Gasteiger partial charge is 0.224 e. The average Bonchev–Trinajstić information content (AvgIpc) is 2.40. The van der Waals surface area contributed by atoms with Crippen LogP contribution < -0.4 is 5.32 Å². The number of nitrogens with one attached hydrogen (secondary N) is 1. The van der Waals surface area contributed by atoms with Crippen LogP contribution in [0.4, 0.5) is 10.2 Å². The van der Waals surface area contributed by atoms with Crippen LogP contribution in [0.2, 0.25) is 0 Å². The number of likely N-dealkylation sites (tertiary alicyclic amines) is 1. The fraction of sp³-hybridized carbons (Fsp3) is 0.538. The van der Waals surface area contributed by atoms with Crippen molar-refractivity contribution in [1.29, 1.82) is 0 Å². The lowest BCUT2D eigenvalue weighted by atomic mass is 10.1. The highest BCUT2D eigenvalue weighted by Crippen LogP contribution is 2.10. The maximum Gasteiger partial charge on any atom is 0.224 e. The lowest BCUT2D eigenvalue weighted by Gasteiger charge is -2.26. The van der Waals surface area contributed by atoms with Crippen LogP contribution in [0.1, 0.15) is 25.7 Å². The van der Waals surface area contributed by atoms with Gasteiger partial charge < -0.3 is 10.2 Å². The van der Waals surface area contributed by atoms with Gasteiger partial charge in [-0.1, -0.05) is 6.07 Å². The largest absolute Gasteiger partial charge is 0.369 e. The van der Waals surface area contributed by atoms with E-state index < -0.39 is 5.95 Å². The first-order valence-corrected chi connectivity index (χ1v) is 6.40. The SMILES string of the molecule is O=C(CCNc1cccc(F)n1)N1CCCCC1. The lowest BCUT2D eigenvalue weighted by molar-refractivity contribution is -0.131. The normalized spacial score (nSPS) is 15.5. The van der Waals surface area contributed by atoms with Crippen LogP contribution in [0.5, 0.6) is 0 Å². The molecule has 5 heteroatoms. The summed E-state index contributed by atoms with van der Waals surface area (Å²) >= 11 is 0. The molecule has 0 saturated carbocycles. The molecule has 0 unspecified atom stereocenters. The van der Waals surface area contributed by atoms with E-state index in [1.54, 1.807) is 12.1 Å². The van der Waals surface area contributed by atoms with Crippen LogP contribution in [-0.2, 0) is 4.79 Å². The molecule has 2 heterocycles. The first kappa shape index (κ1) is 12.8. The Morgan fingerprint density at radius 3 is 2.83 bits per heavy atom. The van der Waals surface area contributed by atoms with Gasteiger partial charge in [-0.05, 0) is 31.4 Å². The highest BCUT2D eigenvalue weighted by molar-refractivity contribution is 5.76. The molecule has 98 valence electrons. The van der Waals surface area contributed by atoms with Crippen LogP contribution in [0.25, 0.3) is 0 Å². The van der Waals surface area contributed by atoms with Gasteiger partial charge in [0.2, 0.25) is 11.9 Å². The zero-order chi connectivity index (χ0) is 12.8. The molecular weight excluding hydrogens is 233 g/mol. The van der Waals surface area contributed by atoms with Crippen molar-refractivity contribution in [1.82, 2.24) is 9.88 Å². The van der Waals surface area contributed by atoms with Crippen molar-refractivity contribution in [2.45, 2.75) is 25.7 Å². The standard InChI is InChI=1S/C13H18FN3O/c14-11-5-4-6-12(16-11)15-8-7-13(18)17-9-2-1-3-10-17/h4-6H,1-3,7-10H2,(H,15,16). The van der Waals surface area contributed by atoms with Gasteiger partial charge in [0.25, 0.3) is 0 Å². The monoisotopic (exact) mass is 251 g/mol. The number of pyridine rings is 1. The van der Waals surface area contributed by atoms with Crippen molar-refractivity contribution in [3.63, 3.8) is 0 Å². The summed E-state index contributed by atoms with van der Waals surface area (Å²) in [6.07, 6.45) is 3.85. The number of piperidine rings is 1. The van der Waals surface area contributed by atoms with Gasteiger partial charge in [0, 0.05) is 26.1 Å². The van der Waals surface area contributed by atoms with Crippen molar-refractivity contribution >= 4 is 11.7 Å². The first-order valence-electron chi connectivity index (χ1n) is 6.40. The molecule has 1 amide bonds. The minimum Gasteiger partial charge on any atom is -0.369 e. The Morgan fingerprint density at radius 1 is 1.33 bits per heavy atom. The van der Waals surface area contributed by atoms with Crippen molar-refractivity contribution in [3.05, 3.63) is 24.1 Å². The third-order valence-corrected chi connectivity index (χ3v) is 3.07. The molecule has 18 heavy (non-hydrogen) atoms. The molecule has 2 rings (SSSR count). The molecule has 0 radical (unpaired) electrons. The Kier molecular flexibility index (Phi) is 4.50. The predicted octanol–water partition coefficient (Wildman–Crippen LogP) is 2.04. The van der Waals surface area contributed by atoms with Gasteiger partial charge in [0.1, 0.15) is 5.82 Å². The third-order valence-electron chi connectivity index (χ3n) is 3.07. The zero-order valence-electron chi connectivity index (χ0n) is 10.4. The Balaban J connectivity index is 1.73. The highest BCUT2D eigenvalue weighted by atomic mass is 19.1. The van der Waals surface area contributed by atoms with E-state index in [0.29, 0.717) is 18.8 Å². The molecule has 1 N–H and O–H groups in total. The molecule has 0 bridgehead atoms. The Morgan fingerprint density at radius 2 is 2.11 bits per heavy atom. The zero-order valence-corrected chi connectivity index (χ0v) is 10.4. The predicted molar refractivity (Wildman–Crippen MR) is 67.7 cm³/mol. The van der Waals surface area contributed by atoms with E-state index in [-0.39, 0.29) is 5.91 Å². The van der Waals surface area contributed by atoms with Crippen molar-refractivity contribution in [3.8, 4) is 0 Å². The number of amides is 1. The highest BCUT2D eigenvalue weighted by Gasteiger charge is 2.15. The van der Waals surface area contributed by atoms with Gasteiger partial charge in [-0.3, -0.25) is 4.79 Å². The summed E-state index contributed by atoms with van der Waals surface area (Å²) in [6.45, 7) is 2.24. The minimum atomic E-state index is -0.512. The van der Waals surface area contributed by atoms with Gasteiger partial charge in [-0.15, -0.1) is 0 Å². The number of carbonyl (C=O) groups is 1. The van der Waals surface area contributed by atoms with Gasteiger partial charge in [0.15, 0.2) is 0 Å². The number of hydrogen-bond acceptors (Lipinski definition) is 3. The van der Waals surface area contributed by atoms with Gasteiger partial charge in [-0.25, -0.2) is 4.98 Å². The van der Waals surface area contributed by atoms with E-state index in [0.717, 1.165) is 25.9 Å². The first-order chi connectivity index (χ1) is 8.75. The van der Waals surface area contributed by atoms with Gasteiger partial charge in [-0.2, -0.15) is 4.39 Å². The summed E-state index contributed by atoms with van der Waals surface area (Å²) in [5.41, 5.74) is 0. The minimum absolute atomic E-state index is 0.165. The molecule has 1 aromatic heterocycles. The Labute approximate surface area is 106 Å². The van der Waals surface area contributed by atoms with Gasteiger partial charge in [0.05, 0.1) is 0 Å². The number of anilines is 1. The molecule has 1 saturated heterocycles. The summed E-state index contributed by atoms with van der Waals surface area (Å²) in [5.74, 6) is 0.127. The van der Waals surface area contributed by atoms with Crippen molar-refractivity contribution in [2.24, 2.45) is 0 Å². The van der Waals surface area contributed by atoms with Crippen molar-refractivity contribution < 1.29 is 9.18 Å². The summed E-state index contributed by atoms with van der Waals surface area (Å²) in [6, 6.07) is 4.58. The average molecular weight is 251 g/mol. The van der Waals surface area contributed by atoms with Crippen LogP contribution in [-0.4, -0.2) is 35.4 Å². The fourth-order valence-corrected chi connectivity index (χ4v) is 2.11.